The molecule has 4 rings (SSSR count). The van der Waals surface area contributed by atoms with Crippen LogP contribution in [0.25, 0.3) is 0 Å². The van der Waals surface area contributed by atoms with Crippen molar-refractivity contribution in [1.29, 1.82) is 0 Å². The molecule has 3 nitrogen and oxygen atoms in total. The molecule has 1 aliphatic heterocycles. The third kappa shape index (κ3) is 4.67. The fourth-order valence-corrected chi connectivity index (χ4v) is 5.03. The number of amides is 1. The number of hydrogen-bond donors (Lipinski definition) is 0. The Balaban J connectivity index is 1.30. The summed E-state index contributed by atoms with van der Waals surface area (Å²) < 4.78 is 6.20. The minimum Gasteiger partial charge on any atom is -0.493 e. The maximum Gasteiger partial charge on any atom is 0.225 e. The summed E-state index contributed by atoms with van der Waals surface area (Å²) in [7, 11) is 0. The fourth-order valence-electron chi connectivity index (χ4n) is 5.03. The Morgan fingerprint density at radius 1 is 1.11 bits per heavy atom. The number of carbonyl (C=O) groups excluding carboxylic acids is 1. The van der Waals surface area contributed by atoms with E-state index in [0.717, 1.165) is 63.0 Å². The molecule has 1 aromatic rings. The standard InChI is InChI=1S/C24H35NO2/c1-17-4-3-5-19(14-17)16-27-23-9-8-22(15-18(23)2)20-10-12-25(13-11-20)24(26)21-6-7-21/h8-9,15,17,19-21H,3-7,10-14,16H2,1-2H3. The van der Waals surface area contributed by atoms with Gasteiger partial charge >= 0.3 is 0 Å². The Morgan fingerprint density at radius 2 is 1.89 bits per heavy atom. The normalized spacial score (nSPS) is 26.8. The van der Waals surface area contributed by atoms with Gasteiger partial charge in [-0.25, -0.2) is 0 Å². The van der Waals surface area contributed by atoms with E-state index in [1.165, 1.54) is 36.8 Å². The third-order valence-corrected chi connectivity index (χ3v) is 6.92. The highest BCUT2D eigenvalue weighted by Gasteiger charge is 2.35. The number of ether oxygens (including phenoxy) is 1. The summed E-state index contributed by atoms with van der Waals surface area (Å²) in [5, 5.41) is 0. The summed E-state index contributed by atoms with van der Waals surface area (Å²) in [5.74, 6) is 3.98. The van der Waals surface area contributed by atoms with Crippen LogP contribution in [0.3, 0.4) is 0 Å². The highest BCUT2D eigenvalue weighted by molar-refractivity contribution is 5.81. The van der Waals surface area contributed by atoms with Crippen LogP contribution in [0.1, 0.15) is 75.3 Å². The Hall–Kier alpha value is -1.51. The van der Waals surface area contributed by atoms with Crippen molar-refractivity contribution in [2.24, 2.45) is 17.8 Å². The van der Waals surface area contributed by atoms with Crippen molar-refractivity contribution in [3.05, 3.63) is 29.3 Å². The lowest BCUT2D eigenvalue weighted by Gasteiger charge is -2.32. The van der Waals surface area contributed by atoms with Gasteiger partial charge in [-0.15, -0.1) is 0 Å². The van der Waals surface area contributed by atoms with Gasteiger partial charge in [0.2, 0.25) is 5.91 Å². The van der Waals surface area contributed by atoms with E-state index in [1.54, 1.807) is 0 Å². The number of aryl methyl sites for hydroxylation is 1. The quantitative estimate of drug-likeness (QED) is 0.703. The van der Waals surface area contributed by atoms with E-state index in [2.05, 4.69) is 36.9 Å². The molecule has 2 aliphatic carbocycles. The Labute approximate surface area is 164 Å². The zero-order valence-corrected chi connectivity index (χ0v) is 17.1. The number of carbonyl (C=O) groups is 1. The Morgan fingerprint density at radius 3 is 2.56 bits per heavy atom. The molecule has 1 amide bonds. The van der Waals surface area contributed by atoms with Crippen molar-refractivity contribution in [2.45, 2.75) is 71.1 Å². The number of benzene rings is 1. The molecule has 3 aliphatic rings. The van der Waals surface area contributed by atoms with Crippen LogP contribution in [-0.4, -0.2) is 30.5 Å². The van der Waals surface area contributed by atoms with E-state index >= 15 is 0 Å². The molecule has 0 N–H and O–H groups in total. The van der Waals surface area contributed by atoms with Gasteiger partial charge in [-0.05, 0) is 80.4 Å². The van der Waals surface area contributed by atoms with E-state index in [4.69, 9.17) is 4.74 Å². The minimum absolute atomic E-state index is 0.354. The third-order valence-electron chi connectivity index (χ3n) is 6.92. The van der Waals surface area contributed by atoms with E-state index in [9.17, 15) is 4.79 Å². The summed E-state index contributed by atoms with van der Waals surface area (Å²) in [6.45, 7) is 7.27. The van der Waals surface area contributed by atoms with Gasteiger partial charge in [0.05, 0.1) is 6.61 Å². The molecule has 1 saturated heterocycles. The molecular weight excluding hydrogens is 334 g/mol. The van der Waals surface area contributed by atoms with Crippen LogP contribution in [0.4, 0.5) is 0 Å². The van der Waals surface area contributed by atoms with Gasteiger partial charge in [-0.1, -0.05) is 31.9 Å². The largest absolute Gasteiger partial charge is 0.493 e. The monoisotopic (exact) mass is 369 g/mol. The summed E-state index contributed by atoms with van der Waals surface area (Å²) in [5.41, 5.74) is 2.68. The van der Waals surface area contributed by atoms with Gasteiger partial charge in [0, 0.05) is 19.0 Å². The molecule has 27 heavy (non-hydrogen) atoms. The smallest absolute Gasteiger partial charge is 0.225 e. The topological polar surface area (TPSA) is 29.5 Å². The molecule has 1 aromatic carbocycles. The summed E-state index contributed by atoms with van der Waals surface area (Å²) in [6.07, 6.45) is 9.79. The lowest BCUT2D eigenvalue weighted by atomic mass is 9.83. The van der Waals surface area contributed by atoms with Crippen LogP contribution in [0.2, 0.25) is 0 Å². The van der Waals surface area contributed by atoms with Crippen molar-refractivity contribution < 1.29 is 9.53 Å². The van der Waals surface area contributed by atoms with Crippen molar-refractivity contribution in [1.82, 2.24) is 4.90 Å². The minimum atomic E-state index is 0.354. The molecule has 0 spiro atoms. The Kier molecular flexibility index (Phi) is 5.75. The highest BCUT2D eigenvalue weighted by atomic mass is 16.5. The number of hydrogen-bond acceptors (Lipinski definition) is 2. The molecule has 148 valence electrons. The summed E-state index contributed by atoms with van der Waals surface area (Å²) in [4.78, 5) is 14.3. The fraction of sp³-hybridized carbons (Fsp3) is 0.708. The first-order valence-electron chi connectivity index (χ1n) is 11.1. The van der Waals surface area contributed by atoms with E-state index < -0.39 is 0 Å². The second-order valence-electron chi connectivity index (χ2n) is 9.35. The molecule has 2 saturated carbocycles. The maximum absolute atomic E-state index is 12.2. The second-order valence-corrected chi connectivity index (χ2v) is 9.35. The number of nitrogens with zero attached hydrogens (tertiary/aromatic N) is 1. The predicted octanol–water partition coefficient (Wildman–Crippen LogP) is 5.32. The molecule has 1 heterocycles. The maximum atomic E-state index is 12.2. The van der Waals surface area contributed by atoms with E-state index in [0.29, 0.717) is 17.7 Å². The van der Waals surface area contributed by atoms with Crippen LogP contribution in [-0.2, 0) is 4.79 Å². The van der Waals surface area contributed by atoms with Crippen molar-refractivity contribution in [3.63, 3.8) is 0 Å². The van der Waals surface area contributed by atoms with Crippen molar-refractivity contribution in [3.8, 4) is 5.75 Å². The predicted molar refractivity (Wildman–Crippen MR) is 109 cm³/mol. The first kappa shape index (κ1) is 18.8. The Bertz CT molecular complexity index is 658. The molecule has 3 fully saturated rings. The summed E-state index contributed by atoms with van der Waals surface area (Å²) >= 11 is 0. The summed E-state index contributed by atoms with van der Waals surface area (Å²) in [6, 6.07) is 6.76. The van der Waals surface area contributed by atoms with Gasteiger partial charge in [0.25, 0.3) is 0 Å². The molecule has 2 atom stereocenters. The van der Waals surface area contributed by atoms with Gasteiger partial charge in [0.15, 0.2) is 0 Å². The first-order valence-corrected chi connectivity index (χ1v) is 11.1. The van der Waals surface area contributed by atoms with Crippen LogP contribution in [0, 0.1) is 24.7 Å². The number of piperidine rings is 1. The van der Waals surface area contributed by atoms with Crippen LogP contribution < -0.4 is 4.74 Å². The number of rotatable bonds is 5. The van der Waals surface area contributed by atoms with Crippen LogP contribution >= 0.6 is 0 Å². The molecule has 0 bridgehead atoms. The van der Waals surface area contributed by atoms with Gasteiger partial charge in [-0.3, -0.25) is 4.79 Å². The molecule has 3 heteroatoms. The van der Waals surface area contributed by atoms with E-state index in [-0.39, 0.29) is 0 Å². The zero-order chi connectivity index (χ0) is 18.8. The lowest BCUT2D eigenvalue weighted by Crippen LogP contribution is -2.38. The van der Waals surface area contributed by atoms with E-state index in [1.807, 2.05) is 0 Å². The van der Waals surface area contributed by atoms with Gasteiger partial charge in [-0.2, -0.15) is 0 Å². The molecule has 0 aromatic heterocycles. The van der Waals surface area contributed by atoms with Gasteiger partial charge < -0.3 is 9.64 Å². The average molecular weight is 370 g/mol. The zero-order valence-electron chi connectivity index (χ0n) is 17.1. The average Bonchev–Trinajstić information content (AvgIpc) is 3.52. The second kappa shape index (κ2) is 8.24. The highest BCUT2D eigenvalue weighted by Crippen LogP contribution is 2.35. The van der Waals surface area contributed by atoms with Crippen molar-refractivity contribution >= 4 is 5.91 Å². The molecule has 2 unspecified atom stereocenters. The molecule has 0 radical (unpaired) electrons. The first-order chi connectivity index (χ1) is 13.1. The van der Waals surface area contributed by atoms with Crippen LogP contribution in [0.5, 0.6) is 5.75 Å². The molecular formula is C24H35NO2. The van der Waals surface area contributed by atoms with Crippen molar-refractivity contribution in [2.75, 3.05) is 19.7 Å². The lowest BCUT2D eigenvalue weighted by molar-refractivity contribution is -0.133. The number of likely N-dealkylation sites (tertiary alicyclic amines) is 1. The van der Waals surface area contributed by atoms with Crippen LogP contribution in [0.15, 0.2) is 18.2 Å². The van der Waals surface area contributed by atoms with Gasteiger partial charge in [0.1, 0.15) is 5.75 Å². The SMILES string of the molecule is Cc1cc(C2CCN(C(=O)C3CC3)CC2)ccc1OCC1CCCC(C)C1.